The first-order chi connectivity index (χ1) is 32.0. The SMILES string of the molecule is CC1(C)c2ccccc2-c2cc(N(c3ccc(-c4ccc(-c5ccccc5)cc4)cc3)c3cccc(-c4ccc(-c5ccccc5)cc4)c3-c3ccc4c(c3)oc3ccccc34)ccc21. The van der Waals surface area contributed by atoms with Crippen LogP contribution in [0, 0.1) is 0 Å². The molecule has 0 atom stereocenters. The molecule has 1 heterocycles. The maximum atomic E-state index is 6.57. The van der Waals surface area contributed by atoms with Crippen LogP contribution in [-0.4, -0.2) is 0 Å². The minimum atomic E-state index is -0.105. The molecular weight excluding hydrogens is 787 g/mol. The van der Waals surface area contributed by atoms with Gasteiger partial charge in [0.15, 0.2) is 0 Å². The van der Waals surface area contributed by atoms with Gasteiger partial charge in [-0.05, 0) is 121 Å². The Bertz CT molecular complexity index is 3530. The van der Waals surface area contributed by atoms with Crippen LogP contribution in [0.3, 0.4) is 0 Å². The zero-order valence-corrected chi connectivity index (χ0v) is 36.4. The number of rotatable bonds is 8. The van der Waals surface area contributed by atoms with Crippen molar-refractivity contribution in [2.24, 2.45) is 0 Å². The molecule has 0 fully saturated rings. The van der Waals surface area contributed by atoms with Crippen molar-refractivity contribution in [2.45, 2.75) is 19.3 Å². The second-order valence-corrected chi connectivity index (χ2v) is 17.7. The van der Waals surface area contributed by atoms with Crippen LogP contribution in [0.2, 0.25) is 0 Å². The first kappa shape index (κ1) is 38.5. The smallest absolute Gasteiger partial charge is 0.136 e. The van der Waals surface area contributed by atoms with Gasteiger partial charge in [0.25, 0.3) is 0 Å². The average molecular weight is 832 g/mol. The molecule has 0 N–H and O–H groups in total. The van der Waals surface area contributed by atoms with Gasteiger partial charge in [-0.1, -0.05) is 202 Å². The lowest BCUT2D eigenvalue weighted by Crippen LogP contribution is -2.15. The molecule has 0 amide bonds. The molecule has 0 radical (unpaired) electrons. The summed E-state index contributed by atoms with van der Waals surface area (Å²) in [6, 6.07) is 85.9. The van der Waals surface area contributed by atoms with Crippen molar-refractivity contribution < 1.29 is 4.42 Å². The third-order valence-corrected chi connectivity index (χ3v) is 13.5. The summed E-state index contributed by atoms with van der Waals surface area (Å²) in [6.07, 6.45) is 0. The Balaban J connectivity index is 1.06. The number of hydrogen-bond acceptors (Lipinski definition) is 2. The van der Waals surface area contributed by atoms with Crippen LogP contribution in [0.1, 0.15) is 25.0 Å². The summed E-state index contributed by atoms with van der Waals surface area (Å²) >= 11 is 0. The lowest BCUT2D eigenvalue weighted by atomic mass is 9.82. The van der Waals surface area contributed by atoms with Gasteiger partial charge in [0.1, 0.15) is 11.2 Å². The van der Waals surface area contributed by atoms with Gasteiger partial charge in [-0.15, -0.1) is 0 Å². The van der Waals surface area contributed by atoms with Gasteiger partial charge < -0.3 is 9.32 Å². The topological polar surface area (TPSA) is 16.4 Å². The van der Waals surface area contributed by atoms with E-state index in [4.69, 9.17) is 4.42 Å². The monoisotopic (exact) mass is 831 g/mol. The van der Waals surface area contributed by atoms with E-state index in [2.05, 4.69) is 249 Å². The van der Waals surface area contributed by atoms with E-state index in [9.17, 15) is 0 Å². The first-order valence-electron chi connectivity index (χ1n) is 22.5. The third-order valence-electron chi connectivity index (χ3n) is 13.5. The fraction of sp³-hybridized carbons (Fsp3) is 0.0476. The predicted molar refractivity (Wildman–Crippen MR) is 273 cm³/mol. The van der Waals surface area contributed by atoms with Gasteiger partial charge in [-0.3, -0.25) is 0 Å². The summed E-state index contributed by atoms with van der Waals surface area (Å²) in [5, 5.41) is 2.23. The average Bonchev–Trinajstić information content (AvgIpc) is 3.85. The molecule has 12 rings (SSSR count). The molecule has 0 spiro atoms. The van der Waals surface area contributed by atoms with Crippen molar-refractivity contribution in [2.75, 3.05) is 4.90 Å². The highest BCUT2D eigenvalue weighted by molar-refractivity contribution is 6.07. The van der Waals surface area contributed by atoms with E-state index in [1.165, 1.54) is 55.6 Å². The molecule has 1 aromatic heterocycles. The van der Waals surface area contributed by atoms with Crippen molar-refractivity contribution in [1.82, 2.24) is 0 Å². The number of hydrogen-bond donors (Lipinski definition) is 0. The number of anilines is 3. The molecule has 1 aliphatic carbocycles. The lowest BCUT2D eigenvalue weighted by Gasteiger charge is -2.30. The van der Waals surface area contributed by atoms with E-state index in [0.29, 0.717) is 0 Å². The maximum Gasteiger partial charge on any atom is 0.136 e. The number of furan rings is 1. The number of para-hydroxylation sites is 1. The number of benzene rings is 10. The van der Waals surface area contributed by atoms with Crippen molar-refractivity contribution >= 4 is 39.0 Å². The zero-order chi connectivity index (χ0) is 43.5. The van der Waals surface area contributed by atoms with Crippen LogP contribution >= 0.6 is 0 Å². The molecule has 308 valence electrons. The lowest BCUT2D eigenvalue weighted by molar-refractivity contribution is 0.660. The second kappa shape index (κ2) is 15.6. The largest absolute Gasteiger partial charge is 0.456 e. The highest BCUT2D eigenvalue weighted by Crippen LogP contribution is 2.52. The van der Waals surface area contributed by atoms with Gasteiger partial charge >= 0.3 is 0 Å². The van der Waals surface area contributed by atoms with Crippen molar-refractivity contribution in [3.8, 4) is 66.8 Å². The summed E-state index contributed by atoms with van der Waals surface area (Å²) < 4.78 is 6.57. The molecule has 2 nitrogen and oxygen atoms in total. The van der Waals surface area contributed by atoms with Gasteiger partial charge in [-0.2, -0.15) is 0 Å². The summed E-state index contributed by atoms with van der Waals surface area (Å²) in [4.78, 5) is 2.45. The van der Waals surface area contributed by atoms with Crippen molar-refractivity contribution in [3.05, 3.63) is 248 Å². The summed E-state index contributed by atoms with van der Waals surface area (Å²) in [6.45, 7) is 4.69. The molecule has 10 aromatic carbocycles. The molecule has 2 heteroatoms. The van der Waals surface area contributed by atoms with Crippen LogP contribution in [0.15, 0.2) is 241 Å². The normalized spacial score (nSPS) is 12.6. The molecule has 0 unspecified atom stereocenters. The summed E-state index contributed by atoms with van der Waals surface area (Å²) in [5.41, 5.74) is 21.9. The molecule has 0 saturated heterocycles. The van der Waals surface area contributed by atoms with Crippen molar-refractivity contribution in [3.63, 3.8) is 0 Å². The highest BCUT2D eigenvalue weighted by atomic mass is 16.3. The van der Waals surface area contributed by atoms with Gasteiger partial charge in [-0.25, -0.2) is 0 Å². The van der Waals surface area contributed by atoms with Crippen LogP contribution < -0.4 is 4.90 Å². The number of nitrogens with zero attached hydrogens (tertiary/aromatic N) is 1. The second-order valence-electron chi connectivity index (χ2n) is 17.7. The van der Waals surface area contributed by atoms with E-state index in [-0.39, 0.29) is 5.41 Å². The van der Waals surface area contributed by atoms with E-state index >= 15 is 0 Å². The fourth-order valence-electron chi connectivity index (χ4n) is 10.2. The highest BCUT2D eigenvalue weighted by Gasteiger charge is 2.36. The minimum absolute atomic E-state index is 0.105. The Labute approximate surface area is 380 Å². The third kappa shape index (κ3) is 6.65. The first-order valence-corrected chi connectivity index (χ1v) is 22.5. The zero-order valence-electron chi connectivity index (χ0n) is 36.4. The number of fused-ring (bicyclic) bond motifs is 6. The Kier molecular flexibility index (Phi) is 9.21. The quantitative estimate of drug-likeness (QED) is 0.152. The van der Waals surface area contributed by atoms with Gasteiger partial charge in [0.2, 0.25) is 0 Å². The van der Waals surface area contributed by atoms with Crippen LogP contribution in [0.25, 0.3) is 88.7 Å². The Morgan fingerprint density at radius 3 is 1.49 bits per heavy atom. The molecule has 65 heavy (non-hydrogen) atoms. The van der Waals surface area contributed by atoms with Crippen LogP contribution in [0.4, 0.5) is 17.1 Å². The maximum absolute atomic E-state index is 6.57. The molecule has 11 aromatic rings. The molecule has 0 saturated carbocycles. The van der Waals surface area contributed by atoms with Crippen molar-refractivity contribution in [1.29, 1.82) is 0 Å². The predicted octanol–water partition coefficient (Wildman–Crippen LogP) is 17.7. The molecule has 0 bridgehead atoms. The Hall–Kier alpha value is -8.20. The van der Waals surface area contributed by atoms with Crippen LogP contribution in [-0.2, 0) is 5.41 Å². The Morgan fingerprint density at radius 2 is 0.815 bits per heavy atom. The van der Waals surface area contributed by atoms with E-state index in [1.54, 1.807) is 0 Å². The summed E-state index contributed by atoms with van der Waals surface area (Å²) in [7, 11) is 0. The Morgan fingerprint density at radius 1 is 0.323 bits per heavy atom. The van der Waals surface area contributed by atoms with E-state index in [0.717, 1.165) is 61.3 Å². The van der Waals surface area contributed by atoms with Gasteiger partial charge in [0, 0.05) is 33.1 Å². The fourth-order valence-corrected chi connectivity index (χ4v) is 10.2. The summed E-state index contributed by atoms with van der Waals surface area (Å²) in [5.74, 6) is 0. The van der Waals surface area contributed by atoms with E-state index in [1.807, 2.05) is 6.07 Å². The minimum Gasteiger partial charge on any atom is -0.456 e. The molecule has 0 aliphatic heterocycles. The van der Waals surface area contributed by atoms with E-state index < -0.39 is 0 Å². The van der Waals surface area contributed by atoms with Crippen LogP contribution in [0.5, 0.6) is 0 Å². The molecular formula is C63H45NO. The molecule has 1 aliphatic rings. The van der Waals surface area contributed by atoms with Gasteiger partial charge in [0.05, 0.1) is 5.69 Å². The standard InChI is InChI=1S/C63H45NO/c1-63(2)57-21-11-9-18-53(57)56-41-51(37-39-58(56)63)64(50-35-32-47(33-36-50)46-26-24-44(25-27-46)42-14-5-3-6-15-42)59-22-13-20-52(48-30-28-45(29-31-48)43-16-7-4-8-17-43)62(59)49-34-38-55-54-19-10-12-23-60(54)65-61(55)40-49/h3-41H,1-2H3.